The van der Waals surface area contributed by atoms with E-state index in [1.165, 1.54) is 38.6 Å². The van der Waals surface area contributed by atoms with Gasteiger partial charge in [-0.1, -0.05) is 19.8 Å². The molecule has 0 aromatic carbocycles. The van der Waals surface area contributed by atoms with Gasteiger partial charge >= 0.3 is 0 Å². The summed E-state index contributed by atoms with van der Waals surface area (Å²) in [4.78, 5) is 7.50. The van der Waals surface area contributed by atoms with Gasteiger partial charge in [-0.05, 0) is 38.2 Å². The third kappa shape index (κ3) is 5.46. The standard InChI is InChI=1S/C19H34N6/c1-3-20-19(21-13-16(2)14-25-11-6-10-22-25)23-17-9-12-24(15-17)18-7-4-5-8-18/h6,10-11,16-18H,3-5,7-9,12-15H2,1-2H3,(H2,20,21,23). The molecular weight excluding hydrogens is 312 g/mol. The van der Waals surface area contributed by atoms with Crippen molar-refractivity contribution in [2.45, 2.75) is 64.6 Å². The van der Waals surface area contributed by atoms with E-state index >= 15 is 0 Å². The number of rotatable bonds is 7. The molecule has 0 amide bonds. The molecule has 2 unspecified atom stereocenters. The minimum absolute atomic E-state index is 0.467. The highest BCUT2D eigenvalue weighted by Crippen LogP contribution is 2.26. The van der Waals surface area contributed by atoms with Gasteiger partial charge in [0.25, 0.3) is 0 Å². The van der Waals surface area contributed by atoms with E-state index in [2.05, 4.69) is 34.5 Å². The number of guanidine groups is 1. The van der Waals surface area contributed by atoms with Crippen LogP contribution in [0.15, 0.2) is 23.5 Å². The van der Waals surface area contributed by atoms with Crippen molar-refractivity contribution in [3.05, 3.63) is 18.5 Å². The van der Waals surface area contributed by atoms with Gasteiger partial charge in [0.2, 0.25) is 0 Å². The number of hydrogen-bond acceptors (Lipinski definition) is 3. The van der Waals surface area contributed by atoms with Crippen molar-refractivity contribution in [3.8, 4) is 0 Å². The first kappa shape index (κ1) is 18.2. The van der Waals surface area contributed by atoms with Crippen molar-refractivity contribution in [1.29, 1.82) is 0 Å². The summed E-state index contributed by atoms with van der Waals surface area (Å²) in [6.45, 7) is 9.38. The number of aromatic nitrogens is 2. The lowest BCUT2D eigenvalue weighted by Crippen LogP contribution is -2.45. The fourth-order valence-corrected chi connectivity index (χ4v) is 4.05. The molecule has 3 rings (SSSR count). The van der Waals surface area contributed by atoms with Crippen LogP contribution >= 0.6 is 0 Å². The van der Waals surface area contributed by atoms with E-state index in [0.29, 0.717) is 12.0 Å². The number of nitrogens with zero attached hydrogens (tertiary/aromatic N) is 4. The predicted octanol–water partition coefficient (Wildman–Crippen LogP) is 2.09. The van der Waals surface area contributed by atoms with E-state index in [1.54, 1.807) is 0 Å². The van der Waals surface area contributed by atoms with Gasteiger partial charge in [0.05, 0.1) is 0 Å². The summed E-state index contributed by atoms with van der Waals surface area (Å²) in [7, 11) is 0. The van der Waals surface area contributed by atoms with Crippen molar-refractivity contribution in [2.24, 2.45) is 10.9 Å². The van der Waals surface area contributed by atoms with Gasteiger partial charge in [-0.15, -0.1) is 0 Å². The van der Waals surface area contributed by atoms with E-state index in [1.807, 2.05) is 23.1 Å². The monoisotopic (exact) mass is 346 g/mol. The lowest BCUT2D eigenvalue weighted by molar-refractivity contribution is 0.242. The summed E-state index contributed by atoms with van der Waals surface area (Å²) in [5.41, 5.74) is 0. The average Bonchev–Trinajstić information content (AvgIpc) is 3.34. The van der Waals surface area contributed by atoms with Gasteiger partial charge in [-0.3, -0.25) is 14.6 Å². The molecule has 140 valence electrons. The fourth-order valence-electron chi connectivity index (χ4n) is 4.05. The van der Waals surface area contributed by atoms with Crippen LogP contribution in [0.5, 0.6) is 0 Å². The molecular formula is C19H34N6. The molecule has 1 aliphatic heterocycles. The molecule has 2 N–H and O–H groups in total. The zero-order valence-electron chi connectivity index (χ0n) is 15.8. The summed E-state index contributed by atoms with van der Waals surface area (Å²) < 4.78 is 1.98. The first-order valence-corrected chi connectivity index (χ1v) is 10.0. The van der Waals surface area contributed by atoms with Crippen LogP contribution in [-0.4, -0.2) is 58.9 Å². The van der Waals surface area contributed by atoms with Crippen LogP contribution in [-0.2, 0) is 6.54 Å². The Hall–Kier alpha value is -1.56. The summed E-state index contributed by atoms with van der Waals surface area (Å²) in [5.74, 6) is 1.43. The Morgan fingerprint density at radius 2 is 2.16 bits per heavy atom. The van der Waals surface area contributed by atoms with E-state index < -0.39 is 0 Å². The van der Waals surface area contributed by atoms with E-state index in [9.17, 15) is 0 Å². The van der Waals surface area contributed by atoms with Crippen LogP contribution in [0, 0.1) is 5.92 Å². The molecule has 6 nitrogen and oxygen atoms in total. The highest BCUT2D eigenvalue weighted by atomic mass is 15.3. The van der Waals surface area contributed by atoms with E-state index in [4.69, 9.17) is 4.99 Å². The Labute approximate surface area is 152 Å². The molecule has 0 bridgehead atoms. The minimum atomic E-state index is 0.467. The first-order valence-electron chi connectivity index (χ1n) is 10.0. The van der Waals surface area contributed by atoms with Crippen molar-refractivity contribution in [2.75, 3.05) is 26.2 Å². The third-order valence-corrected chi connectivity index (χ3v) is 5.36. The lowest BCUT2D eigenvalue weighted by atomic mass is 10.2. The maximum atomic E-state index is 4.81. The zero-order valence-corrected chi connectivity index (χ0v) is 15.8. The fraction of sp³-hybridized carbons (Fsp3) is 0.789. The third-order valence-electron chi connectivity index (χ3n) is 5.36. The maximum absolute atomic E-state index is 4.81. The van der Waals surface area contributed by atoms with Crippen molar-refractivity contribution >= 4 is 5.96 Å². The van der Waals surface area contributed by atoms with Gasteiger partial charge in [-0.25, -0.2) is 0 Å². The second-order valence-corrected chi connectivity index (χ2v) is 7.62. The number of likely N-dealkylation sites (tertiary alicyclic amines) is 1. The molecule has 0 radical (unpaired) electrons. The average molecular weight is 347 g/mol. The molecule has 1 aliphatic carbocycles. The highest BCUT2D eigenvalue weighted by molar-refractivity contribution is 5.80. The topological polar surface area (TPSA) is 57.5 Å². The summed E-state index contributed by atoms with van der Waals surface area (Å²) in [6, 6.07) is 3.33. The number of nitrogens with one attached hydrogen (secondary N) is 2. The zero-order chi connectivity index (χ0) is 17.5. The maximum Gasteiger partial charge on any atom is 0.191 e. The number of hydrogen-bond donors (Lipinski definition) is 2. The Morgan fingerprint density at radius 3 is 2.88 bits per heavy atom. The van der Waals surface area contributed by atoms with E-state index in [0.717, 1.165) is 38.2 Å². The van der Waals surface area contributed by atoms with Crippen LogP contribution in [0.25, 0.3) is 0 Å². The van der Waals surface area contributed by atoms with Crippen molar-refractivity contribution < 1.29 is 0 Å². The van der Waals surface area contributed by atoms with Crippen LogP contribution in [0.4, 0.5) is 0 Å². The van der Waals surface area contributed by atoms with Crippen LogP contribution in [0.3, 0.4) is 0 Å². The molecule has 1 aromatic rings. The molecule has 6 heteroatoms. The minimum Gasteiger partial charge on any atom is -0.357 e. The molecule has 2 atom stereocenters. The lowest BCUT2D eigenvalue weighted by Gasteiger charge is -2.24. The largest absolute Gasteiger partial charge is 0.357 e. The normalized spacial score (nSPS) is 23.9. The SMILES string of the molecule is CCNC(=NCC(C)Cn1cccn1)NC1CCN(C2CCCC2)C1. The summed E-state index contributed by atoms with van der Waals surface area (Å²) in [5, 5.41) is 11.3. The van der Waals surface area contributed by atoms with Crippen LogP contribution in [0.2, 0.25) is 0 Å². The second kappa shape index (κ2) is 9.22. The molecule has 25 heavy (non-hydrogen) atoms. The molecule has 2 heterocycles. The Bertz CT molecular complexity index is 520. The predicted molar refractivity (Wildman–Crippen MR) is 103 cm³/mol. The summed E-state index contributed by atoms with van der Waals surface area (Å²) in [6.07, 6.45) is 10.7. The highest BCUT2D eigenvalue weighted by Gasteiger charge is 2.30. The quantitative estimate of drug-likeness (QED) is 0.586. The summed E-state index contributed by atoms with van der Waals surface area (Å²) >= 11 is 0. The molecule has 1 saturated carbocycles. The van der Waals surface area contributed by atoms with Crippen molar-refractivity contribution in [3.63, 3.8) is 0 Å². The molecule has 2 aliphatic rings. The Kier molecular flexibility index (Phi) is 6.73. The van der Waals surface area contributed by atoms with Crippen molar-refractivity contribution in [1.82, 2.24) is 25.3 Å². The molecule has 0 spiro atoms. The first-order chi connectivity index (χ1) is 12.2. The van der Waals surface area contributed by atoms with Gasteiger partial charge in [0, 0.05) is 57.2 Å². The number of aliphatic imine (C=N–C) groups is 1. The molecule has 2 fully saturated rings. The van der Waals surface area contributed by atoms with Gasteiger partial charge in [0.1, 0.15) is 0 Å². The molecule has 1 saturated heterocycles. The smallest absolute Gasteiger partial charge is 0.191 e. The van der Waals surface area contributed by atoms with Gasteiger partial charge in [-0.2, -0.15) is 5.10 Å². The second-order valence-electron chi connectivity index (χ2n) is 7.62. The van der Waals surface area contributed by atoms with Crippen LogP contribution in [0.1, 0.15) is 46.0 Å². The molecule has 1 aromatic heterocycles. The Morgan fingerprint density at radius 1 is 1.32 bits per heavy atom. The van der Waals surface area contributed by atoms with Crippen LogP contribution < -0.4 is 10.6 Å². The Balaban J connectivity index is 1.46. The van der Waals surface area contributed by atoms with E-state index in [-0.39, 0.29) is 0 Å². The van der Waals surface area contributed by atoms with Gasteiger partial charge in [0.15, 0.2) is 5.96 Å². The van der Waals surface area contributed by atoms with Gasteiger partial charge < -0.3 is 10.6 Å².